The lowest BCUT2D eigenvalue weighted by molar-refractivity contribution is -0.117. The molecule has 0 aliphatic rings. The van der Waals surface area contributed by atoms with Gasteiger partial charge in [-0.05, 0) is 44.5 Å². The Hall–Kier alpha value is -1.84. The zero-order valence-corrected chi connectivity index (χ0v) is 11.1. The fraction of sp³-hybridized carbons (Fsp3) is 0.357. The standard InChI is InChI=1S/C14H18FNO2/c1-14(2,3)16-13(17)8-6-10-5-7-12(18-4)11(15)9-10/h5-9H,1-4H3,(H,16,17). The number of nitrogens with one attached hydrogen (secondary N) is 1. The van der Waals surface area contributed by atoms with Crippen LogP contribution in [0.25, 0.3) is 6.08 Å². The van der Waals surface area contributed by atoms with Crippen LogP contribution in [-0.2, 0) is 4.79 Å². The summed E-state index contributed by atoms with van der Waals surface area (Å²) < 4.78 is 18.2. The number of halogens is 1. The second kappa shape index (κ2) is 5.67. The van der Waals surface area contributed by atoms with Gasteiger partial charge in [-0.1, -0.05) is 6.07 Å². The Bertz CT molecular complexity index is 461. The molecule has 1 aromatic carbocycles. The lowest BCUT2D eigenvalue weighted by Crippen LogP contribution is -2.39. The van der Waals surface area contributed by atoms with Crippen LogP contribution >= 0.6 is 0 Å². The van der Waals surface area contributed by atoms with E-state index in [2.05, 4.69) is 5.32 Å². The van der Waals surface area contributed by atoms with E-state index in [-0.39, 0.29) is 17.2 Å². The molecule has 1 amide bonds. The topological polar surface area (TPSA) is 38.3 Å². The Labute approximate surface area is 107 Å². The van der Waals surface area contributed by atoms with Crippen LogP contribution in [0.5, 0.6) is 5.75 Å². The molecule has 0 saturated carbocycles. The first-order valence-corrected chi connectivity index (χ1v) is 5.65. The van der Waals surface area contributed by atoms with Crippen molar-refractivity contribution in [2.24, 2.45) is 0 Å². The molecule has 0 atom stereocenters. The summed E-state index contributed by atoms with van der Waals surface area (Å²) in [5, 5.41) is 2.78. The van der Waals surface area contributed by atoms with Gasteiger partial charge in [-0.3, -0.25) is 4.79 Å². The number of carbonyl (C=O) groups excluding carboxylic acids is 1. The third-order valence-electron chi connectivity index (χ3n) is 2.10. The summed E-state index contributed by atoms with van der Waals surface area (Å²) in [6.45, 7) is 5.68. The Morgan fingerprint density at radius 3 is 2.56 bits per heavy atom. The van der Waals surface area contributed by atoms with Gasteiger partial charge in [0.05, 0.1) is 7.11 Å². The summed E-state index contributed by atoms with van der Waals surface area (Å²) >= 11 is 0. The van der Waals surface area contributed by atoms with Gasteiger partial charge < -0.3 is 10.1 Å². The summed E-state index contributed by atoms with van der Waals surface area (Å²) in [5.41, 5.74) is 0.324. The monoisotopic (exact) mass is 251 g/mol. The number of hydrogen-bond donors (Lipinski definition) is 1. The van der Waals surface area contributed by atoms with E-state index in [0.717, 1.165) is 0 Å². The summed E-state index contributed by atoms with van der Waals surface area (Å²) in [4.78, 5) is 11.5. The zero-order chi connectivity index (χ0) is 13.8. The minimum atomic E-state index is -0.448. The van der Waals surface area contributed by atoms with E-state index in [4.69, 9.17) is 4.74 Å². The Balaban J connectivity index is 2.73. The molecule has 0 radical (unpaired) electrons. The van der Waals surface area contributed by atoms with Crippen LogP contribution in [-0.4, -0.2) is 18.6 Å². The minimum absolute atomic E-state index is 0.186. The third kappa shape index (κ3) is 4.57. The molecule has 3 nitrogen and oxygen atoms in total. The van der Waals surface area contributed by atoms with Crippen LogP contribution in [0.1, 0.15) is 26.3 Å². The van der Waals surface area contributed by atoms with E-state index >= 15 is 0 Å². The van der Waals surface area contributed by atoms with Crippen molar-refractivity contribution in [1.82, 2.24) is 5.32 Å². The maximum Gasteiger partial charge on any atom is 0.244 e. The van der Waals surface area contributed by atoms with Crippen molar-refractivity contribution < 1.29 is 13.9 Å². The first-order valence-electron chi connectivity index (χ1n) is 5.65. The number of rotatable bonds is 3. The molecule has 0 fully saturated rings. The quantitative estimate of drug-likeness (QED) is 0.839. The number of methoxy groups -OCH3 is 1. The number of benzene rings is 1. The van der Waals surface area contributed by atoms with Crippen molar-refractivity contribution >= 4 is 12.0 Å². The number of amides is 1. The normalized spacial score (nSPS) is 11.6. The molecular formula is C14H18FNO2. The SMILES string of the molecule is COc1ccc(C=CC(=O)NC(C)(C)C)cc1F. The van der Waals surface area contributed by atoms with Crippen LogP contribution in [0.15, 0.2) is 24.3 Å². The average Bonchev–Trinajstić information content (AvgIpc) is 2.24. The highest BCUT2D eigenvalue weighted by atomic mass is 19.1. The molecule has 1 N–H and O–H groups in total. The molecule has 98 valence electrons. The maximum atomic E-state index is 13.4. The van der Waals surface area contributed by atoms with Crippen molar-refractivity contribution in [2.45, 2.75) is 26.3 Å². The van der Waals surface area contributed by atoms with Crippen LogP contribution in [0, 0.1) is 5.82 Å². The summed E-state index contributed by atoms with van der Waals surface area (Å²) in [6, 6.07) is 4.53. The van der Waals surface area contributed by atoms with E-state index in [9.17, 15) is 9.18 Å². The number of hydrogen-bond acceptors (Lipinski definition) is 2. The highest BCUT2D eigenvalue weighted by Gasteiger charge is 2.11. The summed E-state index contributed by atoms with van der Waals surface area (Å²) in [6.07, 6.45) is 2.94. The largest absolute Gasteiger partial charge is 0.494 e. The lowest BCUT2D eigenvalue weighted by atomic mass is 10.1. The van der Waals surface area contributed by atoms with Crippen molar-refractivity contribution in [3.8, 4) is 5.75 Å². The smallest absolute Gasteiger partial charge is 0.244 e. The second-order valence-electron chi connectivity index (χ2n) is 4.97. The van der Waals surface area contributed by atoms with E-state index in [0.29, 0.717) is 5.56 Å². The molecule has 0 aliphatic carbocycles. The molecule has 0 aliphatic heterocycles. The van der Waals surface area contributed by atoms with Gasteiger partial charge in [-0.15, -0.1) is 0 Å². The highest BCUT2D eigenvalue weighted by Crippen LogP contribution is 2.18. The molecule has 0 heterocycles. The van der Waals surface area contributed by atoms with Gasteiger partial charge >= 0.3 is 0 Å². The maximum absolute atomic E-state index is 13.4. The van der Waals surface area contributed by atoms with Crippen LogP contribution in [0.2, 0.25) is 0 Å². The molecule has 1 aromatic rings. The Morgan fingerprint density at radius 2 is 2.06 bits per heavy atom. The predicted molar refractivity (Wildman–Crippen MR) is 69.9 cm³/mol. The Morgan fingerprint density at radius 1 is 1.39 bits per heavy atom. The van der Waals surface area contributed by atoms with Gasteiger partial charge in [0.2, 0.25) is 5.91 Å². The molecule has 18 heavy (non-hydrogen) atoms. The molecule has 0 spiro atoms. The van der Waals surface area contributed by atoms with E-state index < -0.39 is 5.82 Å². The highest BCUT2D eigenvalue weighted by molar-refractivity contribution is 5.92. The molecule has 0 bridgehead atoms. The van der Waals surface area contributed by atoms with E-state index in [1.54, 1.807) is 12.1 Å². The van der Waals surface area contributed by atoms with Crippen molar-refractivity contribution in [3.05, 3.63) is 35.7 Å². The van der Waals surface area contributed by atoms with Crippen LogP contribution in [0.3, 0.4) is 0 Å². The van der Waals surface area contributed by atoms with Gasteiger partial charge in [-0.2, -0.15) is 0 Å². The average molecular weight is 251 g/mol. The molecule has 0 aromatic heterocycles. The number of carbonyl (C=O) groups is 1. The fourth-order valence-corrected chi connectivity index (χ4v) is 1.37. The second-order valence-corrected chi connectivity index (χ2v) is 4.97. The molecular weight excluding hydrogens is 233 g/mol. The number of ether oxygens (including phenoxy) is 1. The molecule has 1 rings (SSSR count). The van der Waals surface area contributed by atoms with Crippen molar-refractivity contribution in [3.63, 3.8) is 0 Å². The molecule has 0 unspecified atom stereocenters. The van der Waals surface area contributed by atoms with Crippen molar-refractivity contribution in [1.29, 1.82) is 0 Å². The predicted octanol–water partition coefficient (Wildman–Crippen LogP) is 2.76. The minimum Gasteiger partial charge on any atom is -0.494 e. The van der Waals surface area contributed by atoms with Gasteiger partial charge in [0.15, 0.2) is 11.6 Å². The van der Waals surface area contributed by atoms with Crippen molar-refractivity contribution in [2.75, 3.05) is 7.11 Å². The van der Waals surface area contributed by atoms with Crippen LogP contribution < -0.4 is 10.1 Å². The van der Waals surface area contributed by atoms with Gasteiger partial charge in [0, 0.05) is 11.6 Å². The zero-order valence-electron chi connectivity index (χ0n) is 11.1. The fourth-order valence-electron chi connectivity index (χ4n) is 1.37. The lowest BCUT2D eigenvalue weighted by Gasteiger charge is -2.18. The summed E-state index contributed by atoms with van der Waals surface area (Å²) in [5.74, 6) is -0.471. The molecule has 0 saturated heterocycles. The first-order chi connectivity index (χ1) is 8.31. The van der Waals surface area contributed by atoms with Gasteiger partial charge in [0.25, 0.3) is 0 Å². The van der Waals surface area contributed by atoms with E-state index in [1.807, 2.05) is 20.8 Å². The van der Waals surface area contributed by atoms with E-state index in [1.165, 1.54) is 25.3 Å². The van der Waals surface area contributed by atoms with Crippen LogP contribution in [0.4, 0.5) is 4.39 Å². The van der Waals surface area contributed by atoms with Gasteiger partial charge in [0.1, 0.15) is 0 Å². The Kier molecular flexibility index (Phi) is 4.48. The summed E-state index contributed by atoms with van der Waals surface area (Å²) in [7, 11) is 1.41. The molecule has 4 heteroatoms. The van der Waals surface area contributed by atoms with Gasteiger partial charge in [-0.25, -0.2) is 4.39 Å². The first kappa shape index (κ1) is 14.2. The third-order valence-corrected chi connectivity index (χ3v) is 2.10.